The molecule has 0 bridgehead atoms. The Morgan fingerprint density at radius 1 is 1.20 bits per heavy atom. The van der Waals surface area contributed by atoms with Crippen LogP contribution in [0.2, 0.25) is 5.02 Å². The van der Waals surface area contributed by atoms with Crippen molar-refractivity contribution in [1.29, 1.82) is 0 Å². The Balaban J connectivity index is 2.20. The Kier molecular flexibility index (Phi) is 3.30. The lowest BCUT2D eigenvalue weighted by Gasteiger charge is -2.08. The van der Waals surface area contributed by atoms with Gasteiger partial charge in [-0.3, -0.25) is 4.98 Å². The Bertz CT molecular complexity index is 759. The smallest absolute Gasteiger partial charge is 0.142 e. The second kappa shape index (κ2) is 5.11. The monoisotopic (exact) mass is 303 g/mol. The molecule has 0 fully saturated rings. The molecule has 0 spiro atoms. The van der Waals surface area contributed by atoms with Crippen molar-refractivity contribution in [1.82, 2.24) is 9.97 Å². The molecule has 0 unspecified atom stereocenters. The summed E-state index contributed by atoms with van der Waals surface area (Å²) in [5, 5.41) is 11.7. The molecule has 0 radical (unpaired) electrons. The molecule has 0 aliphatic carbocycles. The van der Waals surface area contributed by atoms with Crippen LogP contribution in [0, 0.1) is 0 Å². The average molecular weight is 304 g/mol. The fourth-order valence-corrected chi connectivity index (χ4v) is 2.75. The number of phenols is 1. The standard InChI is InChI=1S/C14H10ClN3OS/c15-9-6-8(3-4-10(9)19)13-14(11-2-1-5-20-11)18-12(16)7-17-13/h1-7,19H,(H2,16,18). The third-order valence-electron chi connectivity index (χ3n) is 2.77. The molecule has 3 N–H and O–H groups in total. The topological polar surface area (TPSA) is 72.0 Å². The van der Waals surface area contributed by atoms with E-state index in [0.29, 0.717) is 17.2 Å². The van der Waals surface area contributed by atoms with Gasteiger partial charge in [-0.2, -0.15) is 0 Å². The predicted molar refractivity (Wildman–Crippen MR) is 81.9 cm³/mol. The van der Waals surface area contributed by atoms with E-state index in [4.69, 9.17) is 17.3 Å². The number of aromatic hydroxyl groups is 1. The highest BCUT2D eigenvalue weighted by atomic mass is 35.5. The molecule has 0 amide bonds. The minimum absolute atomic E-state index is 0.0384. The molecule has 6 heteroatoms. The highest BCUT2D eigenvalue weighted by molar-refractivity contribution is 7.13. The number of anilines is 1. The number of benzene rings is 1. The van der Waals surface area contributed by atoms with Crippen molar-refractivity contribution < 1.29 is 5.11 Å². The Labute approximate surface area is 124 Å². The molecule has 0 saturated carbocycles. The summed E-state index contributed by atoms with van der Waals surface area (Å²) in [5.41, 5.74) is 7.91. The molecule has 20 heavy (non-hydrogen) atoms. The third kappa shape index (κ3) is 2.33. The highest BCUT2D eigenvalue weighted by Gasteiger charge is 2.13. The molecule has 3 rings (SSSR count). The van der Waals surface area contributed by atoms with Crippen LogP contribution < -0.4 is 5.73 Å². The molecule has 4 nitrogen and oxygen atoms in total. The molecule has 2 aromatic heterocycles. The molecule has 0 saturated heterocycles. The van der Waals surface area contributed by atoms with Gasteiger partial charge in [-0.1, -0.05) is 17.7 Å². The van der Waals surface area contributed by atoms with E-state index in [-0.39, 0.29) is 10.8 Å². The van der Waals surface area contributed by atoms with Crippen LogP contribution in [0.15, 0.2) is 41.9 Å². The SMILES string of the molecule is Nc1cnc(-c2ccc(O)c(Cl)c2)c(-c2cccs2)n1. The first-order valence-corrected chi connectivity index (χ1v) is 7.06. The van der Waals surface area contributed by atoms with Gasteiger partial charge >= 0.3 is 0 Å². The van der Waals surface area contributed by atoms with Crippen LogP contribution in [0.1, 0.15) is 0 Å². The predicted octanol–water partition coefficient (Wildman–Crippen LogP) is 3.81. The van der Waals surface area contributed by atoms with Gasteiger partial charge in [-0.05, 0) is 29.6 Å². The van der Waals surface area contributed by atoms with Crippen LogP contribution >= 0.6 is 22.9 Å². The van der Waals surface area contributed by atoms with Crippen LogP contribution in [0.5, 0.6) is 5.75 Å². The summed E-state index contributed by atoms with van der Waals surface area (Å²) in [5.74, 6) is 0.401. The van der Waals surface area contributed by atoms with Gasteiger partial charge in [0.15, 0.2) is 0 Å². The van der Waals surface area contributed by atoms with Crippen LogP contribution in [-0.2, 0) is 0 Å². The van der Waals surface area contributed by atoms with E-state index in [1.165, 1.54) is 12.3 Å². The maximum absolute atomic E-state index is 9.50. The lowest BCUT2D eigenvalue weighted by Crippen LogP contribution is -1.97. The first-order valence-electron chi connectivity index (χ1n) is 5.80. The van der Waals surface area contributed by atoms with Crippen LogP contribution in [0.25, 0.3) is 21.8 Å². The van der Waals surface area contributed by atoms with Crippen LogP contribution in [0.4, 0.5) is 5.82 Å². The Morgan fingerprint density at radius 2 is 2.05 bits per heavy atom. The van der Waals surface area contributed by atoms with E-state index in [9.17, 15) is 5.11 Å². The zero-order valence-electron chi connectivity index (χ0n) is 10.2. The lowest BCUT2D eigenvalue weighted by molar-refractivity contribution is 0.475. The maximum atomic E-state index is 9.50. The molecular formula is C14H10ClN3OS. The Hall–Kier alpha value is -2.11. The number of nitrogens with zero attached hydrogens (tertiary/aromatic N) is 2. The van der Waals surface area contributed by atoms with Crippen molar-refractivity contribution >= 4 is 28.8 Å². The molecule has 1 aromatic carbocycles. The number of aromatic nitrogens is 2. The van der Waals surface area contributed by atoms with E-state index < -0.39 is 0 Å². The highest BCUT2D eigenvalue weighted by Crippen LogP contribution is 2.35. The van der Waals surface area contributed by atoms with Gasteiger partial charge < -0.3 is 10.8 Å². The van der Waals surface area contributed by atoms with E-state index in [1.54, 1.807) is 23.5 Å². The minimum Gasteiger partial charge on any atom is -0.506 e. The first-order chi connectivity index (χ1) is 9.65. The zero-order valence-corrected chi connectivity index (χ0v) is 11.8. The number of thiophene rings is 1. The van der Waals surface area contributed by atoms with Gasteiger partial charge in [0.2, 0.25) is 0 Å². The number of hydrogen-bond acceptors (Lipinski definition) is 5. The van der Waals surface area contributed by atoms with E-state index >= 15 is 0 Å². The van der Waals surface area contributed by atoms with Gasteiger partial charge in [0, 0.05) is 5.56 Å². The van der Waals surface area contributed by atoms with Crippen LogP contribution in [-0.4, -0.2) is 15.1 Å². The fourth-order valence-electron chi connectivity index (χ4n) is 1.85. The largest absolute Gasteiger partial charge is 0.506 e. The summed E-state index contributed by atoms with van der Waals surface area (Å²) < 4.78 is 0. The van der Waals surface area contributed by atoms with Gasteiger partial charge in [-0.25, -0.2) is 4.98 Å². The number of nitrogens with two attached hydrogens (primary N) is 1. The average Bonchev–Trinajstić information content (AvgIpc) is 2.96. The number of halogens is 1. The number of rotatable bonds is 2. The van der Waals surface area contributed by atoms with E-state index in [1.807, 2.05) is 17.5 Å². The normalized spacial score (nSPS) is 10.7. The van der Waals surface area contributed by atoms with E-state index in [2.05, 4.69) is 9.97 Å². The van der Waals surface area contributed by atoms with Crippen molar-refractivity contribution in [2.45, 2.75) is 0 Å². The zero-order chi connectivity index (χ0) is 14.1. The summed E-state index contributed by atoms with van der Waals surface area (Å²) in [6.45, 7) is 0. The van der Waals surface area contributed by atoms with Crippen molar-refractivity contribution in [2.75, 3.05) is 5.73 Å². The van der Waals surface area contributed by atoms with Crippen molar-refractivity contribution in [3.63, 3.8) is 0 Å². The van der Waals surface area contributed by atoms with Gasteiger partial charge in [0.05, 0.1) is 21.8 Å². The Morgan fingerprint density at radius 3 is 2.75 bits per heavy atom. The molecule has 0 aliphatic rings. The van der Waals surface area contributed by atoms with Gasteiger partial charge in [0.25, 0.3) is 0 Å². The van der Waals surface area contributed by atoms with E-state index in [0.717, 1.165) is 10.4 Å². The summed E-state index contributed by atoms with van der Waals surface area (Å²) in [7, 11) is 0. The van der Waals surface area contributed by atoms with Crippen molar-refractivity contribution in [3.05, 3.63) is 46.9 Å². The second-order valence-corrected chi connectivity index (χ2v) is 5.49. The molecule has 3 aromatic rings. The van der Waals surface area contributed by atoms with Gasteiger partial charge in [-0.15, -0.1) is 11.3 Å². The van der Waals surface area contributed by atoms with Crippen molar-refractivity contribution in [2.24, 2.45) is 0 Å². The molecule has 0 aliphatic heterocycles. The number of nitrogen functional groups attached to an aromatic ring is 1. The summed E-state index contributed by atoms with van der Waals surface area (Å²) >= 11 is 7.51. The molecule has 0 atom stereocenters. The summed E-state index contributed by atoms with van der Waals surface area (Å²) in [6, 6.07) is 8.85. The minimum atomic E-state index is 0.0384. The molecular weight excluding hydrogens is 294 g/mol. The second-order valence-electron chi connectivity index (χ2n) is 4.14. The first kappa shape index (κ1) is 12.9. The summed E-state index contributed by atoms with van der Waals surface area (Å²) in [4.78, 5) is 9.69. The molecule has 100 valence electrons. The number of phenolic OH excluding ortho intramolecular Hbond substituents is 1. The number of hydrogen-bond donors (Lipinski definition) is 2. The maximum Gasteiger partial charge on any atom is 0.142 e. The quantitative estimate of drug-likeness (QED) is 0.755. The lowest BCUT2D eigenvalue weighted by atomic mass is 10.1. The van der Waals surface area contributed by atoms with Gasteiger partial charge in [0.1, 0.15) is 17.3 Å². The molecule has 2 heterocycles. The summed E-state index contributed by atoms with van der Waals surface area (Å²) in [6.07, 6.45) is 1.51. The third-order valence-corrected chi connectivity index (χ3v) is 3.95. The fraction of sp³-hybridized carbons (Fsp3) is 0. The van der Waals surface area contributed by atoms with Crippen molar-refractivity contribution in [3.8, 4) is 27.6 Å². The van der Waals surface area contributed by atoms with Crippen LogP contribution in [0.3, 0.4) is 0 Å².